The van der Waals surface area contributed by atoms with Gasteiger partial charge in [-0.25, -0.2) is 13.2 Å². The monoisotopic (exact) mass is 646 g/mol. The van der Waals surface area contributed by atoms with Crippen molar-refractivity contribution in [1.29, 1.82) is 0 Å². The number of nitrogens with one attached hydrogen (secondary N) is 2. The van der Waals surface area contributed by atoms with Gasteiger partial charge in [-0.05, 0) is 70.1 Å². The molecule has 0 bridgehead atoms. The lowest BCUT2D eigenvalue weighted by molar-refractivity contribution is -0.131. The number of carbonyl (C=O) groups is 3. The Morgan fingerprint density at radius 3 is 2.58 bits per heavy atom. The van der Waals surface area contributed by atoms with Crippen molar-refractivity contribution >= 4 is 27.9 Å². The first kappa shape index (κ1) is 33.2. The van der Waals surface area contributed by atoms with Crippen molar-refractivity contribution in [3.05, 3.63) is 42.0 Å². The van der Waals surface area contributed by atoms with E-state index in [1.165, 1.54) is 4.90 Å². The molecule has 248 valence electrons. The van der Waals surface area contributed by atoms with Crippen molar-refractivity contribution in [2.75, 3.05) is 33.6 Å². The highest BCUT2D eigenvalue weighted by molar-refractivity contribution is 7.91. The van der Waals surface area contributed by atoms with Crippen LogP contribution in [0.25, 0.3) is 0 Å². The molecule has 4 amide bonds. The lowest BCUT2D eigenvalue weighted by atomic mass is 10.1. The summed E-state index contributed by atoms with van der Waals surface area (Å²) in [7, 11) is -2.31. The summed E-state index contributed by atoms with van der Waals surface area (Å²) in [5, 5.41) is 2.91. The summed E-state index contributed by atoms with van der Waals surface area (Å²) in [5.41, 5.74) is -0.482. The van der Waals surface area contributed by atoms with E-state index in [2.05, 4.69) is 10.0 Å². The van der Waals surface area contributed by atoms with Gasteiger partial charge in [0.25, 0.3) is 5.91 Å². The number of nitrogens with zero attached hydrogens (tertiary/aromatic N) is 2. The van der Waals surface area contributed by atoms with Crippen molar-refractivity contribution < 1.29 is 37.0 Å². The van der Waals surface area contributed by atoms with Gasteiger partial charge in [0.1, 0.15) is 24.1 Å². The first-order valence-corrected chi connectivity index (χ1v) is 17.4. The fraction of sp³-hybridized carbons (Fsp3) is 0.656. The second kappa shape index (κ2) is 13.7. The highest BCUT2D eigenvalue weighted by Crippen LogP contribution is 2.47. The molecule has 4 unspecified atom stereocenters. The van der Waals surface area contributed by atoms with Crippen molar-refractivity contribution in [2.45, 2.75) is 94.2 Å². The first-order valence-electron chi connectivity index (χ1n) is 16.0. The molecule has 1 aromatic rings. The van der Waals surface area contributed by atoms with Gasteiger partial charge >= 0.3 is 6.03 Å². The van der Waals surface area contributed by atoms with Crippen LogP contribution >= 0.6 is 0 Å². The third kappa shape index (κ3) is 7.47. The van der Waals surface area contributed by atoms with Crippen LogP contribution in [0.2, 0.25) is 0 Å². The van der Waals surface area contributed by atoms with Crippen LogP contribution in [-0.4, -0.2) is 92.1 Å². The number of rotatable bonds is 10. The van der Waals surface area contributed by atoms with Gasteiger partial charge in [0, 0.05) is 38.6 Å². The number of allylic oxidation sites excluding steroid dienone is 1. The molecule has 2 aliphatic carbocycles. The number of amides is 4. The zero-order valence-corrected chi connectivity index (χ0v) is 27.3. The molecule has 2 aliphatic heterocycles. The predicted octanol–water partition coefficient (Wildman–Crippen LogP) is 3.07. The second-order valence-corrected chi connectivity index (χ2v) is 15.0. The molecule has 2 N–H and O–H groups in total. The maximum atomic E-state index is 14.2. The molecular weight excluding hydrogens is 600 g/mol. The van der Waals surface area contributed by atoms with Crippen LogP contribution in [0.5, 0.6) is 5.75 Å². The normalized spacial score (nSPS) is 29.0. The van der Waals surface area contributed by atoms with Crippen molar-refractivity contribution in [2.24, 2.45) is 5.92 Å². The quantitative estimate of drug-likeness (QED) is 0.224. The molecule has 2 heterocycles. The smallest absolute Gasteiger partial charge is 0.321 e. The van der Waals surface area contributed by atoms with E-state index in [4.69, 9.17) is 14.2 Å². The van der Waals surface area contributed by atoms with E-state index in [0.29, 0.717) is 32.5 Å². The molecule has 5 rings (SSSR count). The Morgan fingerprint density at radius 1 is 1.13 bits per heavy atom. The summed E-state index contributed by atoms with van der Waals surface area (Å²) in [4.78, 5) is 45.1. The van der Waals surface area contributed by atoms with Crippen molar-refractivity contribution in [1.82, 2.24) is 19.8 Å². The van der Waals surface area contributed by atoms with Crippen LogP contribution in [0.4, 0.5) is 4.79 Å². The minimum atomic E-state index is -3.91. The van der Waals surface area contributed by atoms with E-state index < -0.39 is 44.3 Å². The maximum Gasteiger partial charge on any atom is 0.321 e. The topological polar surface area (TPSA) is 144 Å². The number of benzene rings is 1. The van der Waals surface area contributed by atoms with Crippen LogP contribution in [0.15, 0.2) is 36.4 Å². The van der Waals surface area contributed by atoms with E-state index in [0.717, 1.165) is 37.0 Å². The third-order valence-electron chi connectivity index (χ3n) is 9.47. The van der Waals surface area contributed by atoms with Crippen LogP contribution in [0, 0.1) is 5.92 Å². The summed E-state index contributed by atoms with van der Waals surface area (Å²) >= 11 is 0. The summed E-state index contributed by atoms with van der Waals surface area (Å²) in [6, 6.07) is 6.32. The molecule has 2 saturated carbocycles. The third-order valence-corrected chi connectivity index (χ3v) is 11.6. The fourth-order valence-electron chi connectivity index (χ4n) is 6.05. The molecule has 1 saturated heterocycles. The molecular formula is C32H46N4O8S. The molecule has 4 aliphatic rings. The van der Waals surface area contributed by atoms with Gasteiger partial charge in [0.05, 0.1) is 18.0 Å². The Balaban J connectivity index is 1.41. The Bertz CT molecular complexity index is 1380. The lowest BCUT2D eigenvalue weighted by Gasteiger charge is -2.32. The number of hydrogen-bond acceptors (Lipinski definition) is 8. The summed E-state index contributed by atoms with van der Waals surface area (Å²) in [5.74, 6) is -0.873. The maximum absolute atomic E-state index is 14.2. The van der Waals surface area contributed by atoms with Crippen LogP contribution in [0.3, 0.4) is 0 Å². The van der Waals surface area contributed by atoms with Gasteiger partial charge in [0.2, 0.25) is 15.9 Å². The second-order valence-electron chi connectivity index (χ2n) is 12.8. The summed E-state index contributed by atoms with van der Waals surface area (Å²) in [6.07, 6.45) is 8.27. The van der Waals surface area contributed by atoms with Crippen LogP contribution in [-0.2, 0) is 35.6 Å². The number of carbonyl (C=O) groups excluding carboxylic acids is 3. The van der Waals surface area contributed by atoms with Crippen LogP contribution < -0.4 is 14.8 Å². The largest absolute Gasteiger partial charge is 0.497 e. The molecule has 0 spiro atoms. The Kier molecular flexibility index (Phi) is 10.1. The van der Waals surface area contributed by atoms with Gasteiger partial charge in [-0.3, -0.25) is 14.3 Å². The van der Waals surface area contributed by atoms with E-state index in [1.807, 2.05) is 43.3 Å². The van der Waals surface area contributed by atoms with Gasteiger partial charge in [-0.1, -0.05) is 30.7 Å². The lowest BCUT2D eigenvalue weighted by Crippen LogP contribution is -2.58. The van der Waals surface area contributed by atoms with Crippen molar-refractivity contribution in [3.63, 3.8) is 0 Å². The van der Waals surface area contributed by atoms with E-state index >= 15 is 0 Å². The highest BCUT2D eigenvalue weighted by atomic mass is 32.2. The zero-order chi connectivity index (χ0) is 32.2. The number of fused-ring (bicyclic) bond motifs is 2. The summed E-state index contributed by atoms with van der Waals surface area (Å²) in [6.45, 7) is 5.00. The van der Waals surface area contributed by atoms with E-state index in [9.17, 15) is 22.8 Å². The standard InChI is InChI=1S/C32H46N4O8S/c1-4-43-22-44-26-18-27-28(37)33-32(29(38)34-45(40,41)31(2)15-16-31)19-24(32)10-8-6-5-7-9-17-35(30(39)36(27)21-26)20-23-11-13-25(42-3)14-12-23/h8,10-14,24,26-27H,4-7,9,15-22H2,1-3H3,(H,33,37)(H,34,38)/b10-8-. The van der Waals surface area contributed by atoms with Crippen molar-refractivity contribution in [3.8, 4) is 5.75 Å². The predicted molar refractivity (Wildman–Crippen MR) is 167 cm³/mol. The number of sulfonamides is 1. The Labute approximate surface area is 265 Å². The molecule has 12 nitrogen and oxygen atoms in total. The summed E-state index contributed by atoms with van der Waals surface area (Å²) < 4.78 is 43.8. The Morgan fingerprint density at radius 2 is 1.89 bits per heavy atom. The van der Waals surface area contributed by atoms with Gasteiger partial charge in [0.15, 0.2) is 0 Å². The molecule has 1 aromatic carbocycles. The van der Waals surface area contributed by atoms with Gasteiger partial charge < -0.3 is 29.3 Å². The number of hydrogen-bond donors (Lipinski definition) is 2. The Hall–Kier alpha value is -3.16. The first-order chi connectivity index (χ1) is 21.5. The molecule has 0 radical (unpaired) electrons. The molecule has 0 aromatic heterocycles. The average Bonchev–Trinajstić information content (AvgIpc) is 3.89. The molecule has 45 heavy (non-hydrogen) atoms. The molecule has 4 atom stereocenters. The number of ether oxygens (including phenoxy) is 3. The number of urea groups is 1. The number of methoxy groups -OCH3 is 1. The SMILES string of the molecule is CCOCOC1CC2C(=O)NC3(C(=O)NS(=O)(=O)C4(C)CC4)CC3/C=C\CCCCCN(Cc3ccc(OC)cc3)C(=O)N2C1. The molecule has 13 heteroatoms. The zero-order valence-electron chi connectivity index (χ0n) is 26.5. The fourth-order valence-corrected chi connectivity index (χ4v) is 7.36. The van der Waals surface area contributed by atoms with Gasteiger partial charge in [-0.2, -0.15) is 0 Å². The van der Waals surface area contributed by atoms with Crippen LogP contribution in [0.1, 0.15) is 70.8 Å². The highest BCUT2D eigenvalue weighted by Gasteiger charge is 2.63. The van der Waals surface area contributed by atoms with E-state index in [1.54, 1.807) is 18.9 Å². The molecule has 3 fully saturated rings. The van der Waals surface area contributed by atoms with E-state index in [-0.39, 0.29) is 38.1 Å². The average molecular weight is 647 g/mol. The minimum absolute atomic E-state index is 0.0307. The minimum Gasteiger partial charge on any atom is -0.497 e. The van der Waals surface area contributed by atoms with Gasteiger partial charge in [-0.15, -0.1) is 0 Å².